The third kappa shape index (κ3) is 2.68. The predicted molar refractivity (Wildman–Crippen MR) is 70.8 cm³/mol. The predicted octanol–water partition coefficient (Wildman–Crippen LogP) is 2.65. The number of nitrogens with one attached hydrogen (secondary N) is 1. The van der Waals surface area contributed by atoms with Gasteiger partial charge in [0.05, 0.1) is 6.04 Å². The molecule has 0 radical (unpaired) electrons. The molecule has 0 aromatic carbocycles. The summed E-state index contributed by atoms with van der Waals surface area (Å²) in [5.41, 5.74) is 0.0534. The lowest BCUT2D eigenvalue weighted by Gasteiger charge is -2.12. The molecule has 5 heteroatoms. The van der Waals surface area contributed by atoms with E-state index in [1.54, 1.807) is 17.4 Å². The minimum Gasteiger partial charge on any atom is -0.505 e. The summed E-state index contributed by atoms with van der Waals surface area (Å²) >= 11 is 1.64. The van der Waals surface area contributed by atoms with E-state index in [0.717, 1.165) is 4.88 Å². The molecule has 0 saturated carbocycles. The van der Waals surface area contributed by atoms with Crippen LogP contribution < -0.4 is 5.32 Å². The molecule has 4 nitrogen and oxygen atoms in total. The Kier molecular flexibility index (Phi) is 3.62. The summed E-state index contributed by atoms with van der Waals surface area (Å²) in [5, 5.41) is 12.4. The number of carbonyl (C=O) groups excluding carboxylic acids is 1. The molecule has 0 fully saturated rings. The molecule has 2 aromatic rings. The largest absolute Gasteiger partial charge is 0.505 e. The minimum atomic E-state index is -0.369. The number of carbonyl (C=O) groups is 1. The van der Waals surface area contributed by atoms with Crippen molar-refractivity contribution in [3.8, 4) is 5.75 Å². The van der Waals surface area contributed by atoms with Crippen LogP contribution in [0.3, 0.4) is 0 Å². The highest BCUT2D eigenvalue weighted by Crippen LogP contribution is 2.23. The number of hydrogen-bond acceptors (Lipinski definition) is 4. The molecule has 0 aliphatic carbocycles. The van der Waals surface area contributed by atoms with Crippen molar-refractivity contribution < 1.29 is 9.90 Å². The van der Waals surface area contributed by atoms with Crippen LogP contribution in [0.5, 0.6) is 5.75 Å². The quantitative estimate of drug-likeness (QED) is 0.894. The van der Waals surface area contributed by atoms with E-state index in [1.165, 1.54) is 17.1 Å². The smallest absolute Gasteiger partial charge is 0.274 e. The first-order chi connectivity index (χ1) is 8.58. The summed E-state index contributed by atoms with van der Waals surface area (Å²) in [7, 11) is 0. The minimum absolute atomic E-state index is 0.0534. The van der Waals surface area contributed by atoms with E-state index in [0.29, 0.717) is 0 Å². The number of rotatable bonds is 3. The standard InChI is InChI=1S/C13H14N2O2S/c1-8-5-6-11(18-8)9(2)15-13(17)12-10(16)4-3-7-14-12/h3-7,9,16H,1-2H3,(H,15,17)/t9-/m1/s1. The van der Waals surface area contributed by atoms with Crippen molar-refractivity contribution in [1.82, 2.24) is 10.3 Å². The monoisotopic (exact) mass is 262 g/mol. The van der Waals surface area contributed by atoms with Crippen LogP contribution in [0.1, 0.15) is 33.2 Å². The van der Waals surface area contributed by atoms with Crippen LogP contribution in [0.15, 0.2) is 30.5 Å². The summed E-state index contributed by atoms with van der Waals surface area (Å²) in [5.74, 6) is -0.476. The average molecular weight is 262 g/mol. The van der Waals surface area contributed by atoms with Crippen molar-refractivity contribution in [2.24, 2.45) is 0 Å². The van der Waals surface area contributed by atoms with Gasteiger partial charge < -0.3 is 10.4 Å². The summed E-state index contributed by atoms with van der Waals surface area (Å²) in [6.07, 6.45) is 1.48. The van der Waals surface area contributed by atoms with Gasteiger partial charge in [-0.3, -0.25) is 4.79 Å². The Labute approximate surface area is 109 Å². The van der Waals surface area contributed by atoms with E-state index in [-0.39, 0.29) is 23.4 Å². The Hall–Kier alpha value is -1.88. The van der Waals surface area contributed by atoms with E-state index in [1.807, 2.05) is 26.0 Å². The highest BCUT2D eigenvalue weighted by atomic mass is 32.1. The molecule has 2 N–H and O–H groups in total. The molecule has 18 heavy (non-hydrogen) atoms. The van der Waals surface area contributed by atoms with Gasteiger partial charge in [-0.25, -0.2) is 4.98 Å². The van der Waals surface area contributed by atoms with Gasteiger partial charge in [0.1, 0.15) is 5.75 Å². The van der Waals surface area contributed by atoms with Crippen molar-refractivity contribution in [3.63, 3.8) is 0 Å². The first-order valence-corrected chi connectivity index (χ1v) is 6.41. The third-order valence-corrected chi connectivity index (χ3v) is 3.72. The van der Waals surface area contributed by atoms with Gasteiger partial charge >= 0.3 is 0 Å². The van der Waals surface area contributed by atoms with E-state index in [2.05, 4.69) is 10.3 Å². The molecular formula is C13H14N2O2S. The lowest BCUT2D eigenvalue weighted by Crippen LogP contribution is -2.26. The number of aromatic hydroxyl groups is 1. The lowest BCUT2D eigenvalue weighted by molar-refractivity contribution is 0.0932. The molecule has 1 atom stereocenters. The van der Waals surface area contributed by atoms with Gasteiger partial charge in [0.15, 0.2) is 5.69 Å². The molecular weight excluding hydrogens is 248 g/mol. The number of hydrogen-bond donors (Lipinski definition) is 2. The van der Waals surface area contributed by atoms with Crippen molar-refractivity contribution in [2.75, 3.05) is 0 Å². The molecule has 0 spiro atoms. The van der Waals surface area contributed by atoms with Gasteiger partial charge in [-0.1, -0.05) is 0 Å². The zero-order valence-electron chi connectivity index (χ0n) is 10.2. The molecule has 2 aromatic heterocycles. The molecule has 2 rings (SSSR count). The maximum atomic E-state index is 11.9. The second-order valence-corrected chi connectivity index (χ2v) is 5.33. The van der Waals surface area contributed by atoms with Crippen LogP contribution in [-0.2, 0) is 0 Å². The number of aromatic nitrogens is 1. The normalized spacial score (nSPS) is 12.1. The fourth-order valence-electron chi connectivity index (χ4n) is 1.59. The third-order valence-electron chi connectivity index (χ3n) is 2.54. The van der Waals surface area contributed by atoms with Crippen molar-refractivity contribution >= 4 is 17.2 Å². The Morgan fingerprint density at radius 2 is 2.22 bits per heavy atom. The van der Waals surface area contributed by atoms with Crippen LogP contribution in [0.25, 0.3) is 0 Å². The molecule has 0 aliphatic rings. The van der Waals surface area contributed by atoms with Gasteiger partial charge in [-0.05, 0) is 38.1 Å². The number of nitrogens with zero attached hydrogens (tertiary/aromatic N) is 1. The zero-order valence-corrected chi connectivity index (χ0v) is 11.0. The highest BCUT2D eigenvalue weighted by molar-refractivity contribution is 7.12. The zero-order chi connectivity index (χ0) is 13.1. The van der Waals surface area contributed by atoms with Crippen LogP contribution in [0.2, 0.25) is 0 Å². The fraction of sp³-hybridized carbons (Fsp3) is 0.231. The van der Waals surface area contributed by atoms with Gasteiger partial charge in [-0.2, -0.15) is 0 Å². The first kappa shape index (κ1) is 12.6. The second kappa shape index (κ2) is 5.18. The Morgan fingerprint density at radius 1 is 1.44 bits per heavy atom. The van der Waals surface area contributed by atoms with Crippen LogP contribution in [-0.4, -0.2) is 16.0 Å². The van der Waals surface area contributed by atoms with Gasteiger partial charge in [0, 0.05) is 16.0 Å². The molecule has 0 saturated heterocycles. The van der Waals surface area contributed by atoms with Crippen LogP contribution in [0, 0.1) is 6.92 Å². The summed E-state index contributed by atoms with van der Waals surface area (Å²) in [4.78, 5) is 18.1. The van der Waals surface area contributed by atoms with Gasteiger partial charge in [-0.15, -0.1) is 11.3 Å². The van der Waals surface area contributed by atoms with Crippen LogP contribution >= 0.6 is 11.3 Å². The Morgan fingerprint density at radius 3 is 2.83 bits per heavy atom. The van der Waals surface area contributed by atoms with Gasteiger partial charge in [0.2, 0.25) is 0 Å². The molecule has 0 bridgehead atoms. The number of thiophene rings is 1. The Balaban J connectivity index is 2.10. The molecule has 94 valence electrons. The lowest BCUT2D eigenvalue weighted by atomic mass is 10.2. The number of pyridine rings is 1. The Bertz CT molecular complexity index is 566. The second-order valence-electron chi connectivity index (χ2n) is 4.01. The van der Waals surface area contributed by atoms with Crippen molar-refractivity contribution in [1.29, 1.82) is 0 Å². The first-order valence-electron chi connectivity index (χ1n) is 5.59. The molecule has 1 amide bonds. The van der Waals surface area contributed by atoms with E-state index in [9.17, 15) is 9.90 Å². The molecule has 0 aliphatic heterocycles. The maximum absolute atomic E-state index is 11.9. The van der Waals surface area contributed by atoms with Crippen molar-refractivity contribution in [3.05, 3.63) is 45.9 Å². The number of amides is 1. The SMILES string of the molecule is Cc1ccc([C@@H](C)NC(=O)c2ncccc2O)s1. The fourth-order valence-corrected chi connectivity index (χ4v) is 2.47. The highest BCUT2D eigenvalue weighted by Gasteiger charge is 2.16. The van der Waals surface area contributed by atoms with E-state index >= 15 is 0 Å². The average Bonchev–Trinajstić information content (AvgIpc) is 2.76. The molecule has 0 unspecified atom stereocenters. The van der Waals surface area contributed by atoms with E-state index in [4.69, 9.17) is 0 Å². The summed E-state index contributed by atoms with van der Waals surface area (Å²) in [6, 6.07) is 6.93. The van der Waals surface area contributed by atoms with Crippen LogP contribution in [0.4, 0.5) is 0 Å². The van der Waals surface area contributed by atoms with Gasteiger partial charge in [0.25, 0.3) is 5.91 Å². The van der Waals surface area contributed by atoms with Crippen molar-refractivity contribution in [2.45, 2.75) is 19.9 Å². The maximum Gasteiger partial charge on any atom is 0.274 e. The summed E-state index contributed by atoms with van der Waals surface area (Å²) < 4.78 is 0. The van der Waals surface area contributed by atoms with E-state index < -0.39 is 0 Å². The topological polar surface area (TPSA) is 62.2 Å². The number of aryl methyl sites for hydroxylation is 1. The molecule has 2 heterocycles. The summed E-state index contributed by atoms with van der Waals surface area (Å²) in [6.45, 7) is 3.93.